The molecule has 0 aliphatic carbocycles. The van der Waals surface area contributed by atoms with Crippen molar-refractivity contribution in [2.75, 3.05) is 13.1 Å². The number of carbonyl (C=O) groups excluding carboxylic acids is 1. The van der Waals surface area contributed by atoms with Gasteiger partial charge in [0.1, 0.15) is 16.9 Å². The summed E-state index contributed by atoms with van der Waals surface area (Å²) < 4.78 is 27.4. The van der Waals surface area contributed by atoms with Gasteiger partial charge < -0.3 is 10.6 Å². The largest absolute Gasteiger partial charge is 0.350 e. The van der Waals surface area contributed by atoms with Gasteiger partial charge in [-0.05, 0) is 18.6 Å². The van der Waals surface area contributed by atoms with Crippen molar-refractivity contribution in [2.24, 2.45) is 0 Å². The molecule has 22 heavy (non-hydrogen) atoms. The first-order valence-electron chi connectivity index (χ1n) is 6.58. The highest BCUT2D eigenvalue weighted by atomic mass is 35.5. The Bertz CT molecular complexity index is 695. The number of hydrogen-bond donors (Lipinski definition) is 2. The molecule has 2 N–H and O–H groups in total. The van der Waals surface area contributed by atoms with Crippen molar-refractivity contribution in [1.29, 1.82) is 0 Å². The lowest BCUT2D eigenvalue weighted by Gasteiger charge is -2.10. The van der Waals surface area contributed by atoms with Gasteiger partial charge in [0, 0.05) is 29.2 Å². The van der Waals surface area contributed by atoms with Gasteiger partial charge in [-0.25, -0.2) is 8.78 Å². The fraction of sp³-hybridized carbons (Fsp3) is 0.357. The second-order valence-corrected chi connectivity index (χ2v) is 6.44. The molecule has 2 aromatic rings. The first-order chi connectivity index (χ1) is 10.1. The Morgan fingerprint density at radius 1 is 1.50 bits per heavy atom. The maximum absolute atomic E-state index is 13.7. The number of alkyl halides is 1. The zero-order chi connectivity index (χ0) is 15.0. The number of amides is 1. The van der Waals surface area contributed by atoms with E-state index in [0.717, 1.165) is 11.3 Å². The molecule has 3 rings (SSSR count). The average molecular weight is 367 g/mol. The summed E-state index contributed by atoms with van der Waals surface area (Å²) in [5, 5.41) is 6.11. The Morgan fingerprint density at radius 2 is 2.27 bits per heavy atom. The molecule has 1 aliphatic heterocycles. The molecule has 1 amide bonds. The maximum Gasteiger partial charge on any atom is 0.262 e. The molecule has 1 aromatic heterocycles. The van der Waals surface area contributed by atoms with Crippen LogP contribution in [0.1, 0.15) is 16.1 Å². The molecular weight excluding hydrogens is 353 g/mol. The first-order valence-corrected chi connectivity index (χ1v) is 7.78. The second-order valence-electron chi connectivity index (χ2n) is 5.01. The molecule has 1 fully saturated rings. The average Bonchev–Trinajstić information content (AvgIpc) is 3.01. The summed E-state index contributed by atoms with van der Waals surface area (Å²) in [5.74, 6) is -0.796. The number of nitrogens with one attached hydrogen (secondary N) is 2. The van der Waals surface area contributed by atoms with Crippen LogP contribution in [0.25, 0.3) is 10.1 Å². The van der Waals surface area contributed by atoms with Crippen LogP contribution in [0, 0.1) is 5.82 Å². The topological polar surface area (TPSA) is 41.1 Å². The molecule has 3 nitrogen and oxygen atoms in total. The Balaban J connectivity index is 0.00000176. The highest BCUT2D eigenvalue weighted by molar-refractivity contribution is 7.21. The van der Waals surface area contributed by atoms with Gasteiger partial charge in [0.2, 0.25) is 0 Å². The summed E-state index contributed by atoms with van der Waals surface area (Å²) in [7, 11) is 0. The van der Waals surface area contributed by atoms with Crippen molar-refractivity contribution in [2.45, 2.75) is 18.6 Å². The van der Waals surface area contributed by atoms with E-state index in [-0.39, 0.29) is 39.6 Å². The Labute approximate surface area is 141 Å². The van der Waals surface area contributed by atoms with Crippen LogP contribution in [0.5, 0.6) is 0 Å². The molecule has 0 bridgehead atoms. The highest BCUT2D eigenvalue weighted by Gasteiger charge is 2.25. The van der Waals surface area contributed by atoms with Crippen molar-refractivity contribution in [3.05, 3.63) is 33.9 Å². The van der Waals surface area contributed by atoms with Crippen molar-refractivity contribution < 1.29 is 13.6 Å². The van der Waals surface area contributed by atoms with E-state index in [0.29, 0.717) is 24.2 Å². The van der Waals surface area contributed by atoms with Gasteiger partial charge in [0.15, 0.2) is 0 Å². The molecular formula is C14H14Cl2F2N2OS. The molecule has 0 spiro atoms. The van der Waals surface area contributed by atoms with E-state index in [2.05, 4.69) is 10.6 Å². The predicted molar refractivity (Wildman–Crippen MR) is 87.7 cm³/mol. The number of halogens is 4. The Hall–Kier alpha value is -0.950. The van der Waals surface area contributed by atoms with Crippen LogP contribution in [-0.2, 0) is 0 Å². The van der Waals surface area contributed by atoms with Gasteiger partial charge in [-0.1, -0.05) is 17.7 Å². The standard InChI is InChI=1S/C14H13ClF2N2OS.ClH/c15-12-11-9(17)2-1-3-10(11)21-13(12)14(20)19-6-8-4-7(16)5-18-8;/h1-3,7-8,18H,4-6H2,(H,19,20);1H/t7-,8-;/m0./s1. The molecule has 120 valence electrons. The van der Waals surface area contributed by atoms with E-state index in [1.54, 1.807) is 12.1 Å². The number of benzene rings is 1. The minimum atomic E-state index is -0.867. The molecule has 8 heteroatoms. The van der Waals surface area contributed by atoms with Crippen LogP contribution in [-0.4, -0.2) is 31.2 Å². The van der Waals surface area contributed by atoms with Crippen LogP contribution in [0.3, 0.4) is 0 Å². The van der Waals surface area contributed by atoms with Gasteiger partial charge in [0.05, 0.1) is 5.02 Å². The smallest absolute Gasteiger partial charge is 0.262 e. The number of carbonyl (C=O) groups is 1. The fourth-order valence-corrected chi connectivity index (χ4v) is 3.91. The van der Waals surface area contributed by atoms with E-state index in [1.165, 1.54) is 6.07 Å². The summed E-state index contributed by atoms with van der Waals surface area (Å²) in [6, 6.07) is 4.54. The molecule has 1 aliphatic rings. The quantitative estimate of drug-likeness (QED) is 0.871. The number of fused-ring (bicyclic) bond motifs is 1. The monoisotopic (exact) mass is 366 g/mol. The summed E-state index contributed by atoms with van der Waals surface area (Å²) in [4.78, 5) is 12.4. The molecule has 1 saturated heterocycles. The third kappa shape index (κ3) is 3.35. The van der Waals surface area contributed by atoms with Crippen molar-refractivity contribution in [1.82, 2.24) is 10.6 Å². The molecule has 2 heterocycles. The second kappa shape index (κ2) is 7.08. The van der Waals surface area contributed by atoms with Gasteiger partial charge in [-0.2, -0.15) is 0 Å². The summed E-state index contributed by atoms with van der Waals surface area (Å²) >= 11 is 7.26. The van der Waals surface area contributed by atoms with E-state index >= 15 is 0 Å². The van der Waals surface area contributed by atoms with Gasteiger partial charge in [-0.15, -0.1) is 23.7 Å². The van der Waals surface area contributed by atoms with Crippen LogP contribution in [0.4, 0.5) is 8.78 Å². The normalized spacial score (nSPS) is 20.9. The van der Waals surface area contributed by atoms with Crippen molar-refractivity contribution >= 4 is 51.3 Å². The van der Waals surface area contributed by atoms with Crippen LogP contribution in [0.2, 0.25) is 5.02 Å². The lowest BCUT2D eigenvalue weighted by Crippen LogP contribution is -2.36. The molecule has 0 saturated carbocycles. The number of rotatable bonds is 3. The SMILES string of the molecule is Cl.O=C(NC[C@@H]1C[C@H](F)CN1)c1sc2cccc(F)c2c1Cl. The number of thiophene rings is 1. The van der Waals surface area contributed by atoms with E-state index < -0.39 is 12.0 Å². The Kier molecular flexibility index (Phi) is 5.60. The maximum atomic E-state index is 13.7. The van der Waals surface area contributed by atoms with Crippen LogP contribution in [0.15, 0.2) is 18.2 Å². The van der Waals surface area contributed by atoms with Crippen molar-refractivity contribution in [3.8, 4) is 0 Å². The third-order valence-corrected chi connectivity index (χ3v) is 5.13. The van der Waals surface area contributed by atoms with E-state index in [9.17, 15) is 13.6 Å². The van der Waals surface area contributed by atoms with E-state index in [4.69, 9.17) is 11.6 Å². The zero-order valence-corrected chi connectivity index (χ0v) is 13.8. The zero-order valence-electron chi connectivity index (χ0n) is 11.4. The fourth-order valence-electron chi connectivity index (χ4n) is 2.44. The predicted octanol–water partition coefficient (Wildman–Crippen LogP) is 3.55. The lowest BCUT2D eigenvalue weighted by atomic mass is 10.2. The van der Waals surface area contributed by atoms with Gasteiger partial charge in [-0.3, -0.25) is 4.79 Å². The summed E-state index contributed by atoms with van der Waals surface area (Å²) in [6.45, 7) is 0.641. The molecule has 2 atom stereocenters. The van der Waals surface area contributed by atoms with Crippen LogP contribution < -0.4 is 10.6 Å². The summed E-state index contributed by atoms with van der Waals surface area (Å²) in [5.41, 5.74) is 0. The minimum Gasteiger partial charge on any atom is -0.350 e. The third-order valence-electron chi connectivity index (χ3n) is 3.49. The van der Waals surface area contributed by atoms with E-state index in [1.807, 2.05) is 0 Å². The van der Waals surface area contributed by atoms with Gasteiger partial charge >= 0.3 is 0 Å². The van der Waals surface area contributed by atoms with Crippen LogP contribution >= 0.6 is 35.3 Å². The Morgan fingerprint density at radius 3 is 2.91 bits per heavy atom. The molecule has 0 radical (unpaired) electrons. The first kappa shape index (κ1) is 17.4. The lowest BCUT2D eigenvalue weighted by molar-refractivity contribution is 0.0954. The number of hydrogen-bond acceptors (Lipinski definition) is 3. The highest BCUT2D eigenvalue weighted by Crippen LogP contribution is 2.36. The molecule has 1 aromatic carbocycles. The van der Waals surface area contributed by atoms with Gasteiger partial charge in [0.25, 0.3) is 5.91 Å². The minimum absolute atomic E-state index is 0. The summed E-state index contributed by atoms with van der Waals surface area (Å²) in [6.07, 6.45) is -0.483. The van der Waals surface area contributed by atoms with Crippen molar-refractivity contribution in [3.63, 3.8) is 0 Å². The molecule has 0 unspecified atom stereocenters.